The lowest BCUT2D eigenvalue weighted by Gasteiger charge is -2.09. The van der Waals surface area contributed by atoms with Crippen LogP contribution in [0.2, 0.25) is 0 Å². The van der Waals surface area contributed by atoms with E-state index in [-0.39, 0.29) is 0 Å². The molecule has 528 valence electrons. The van der Waals surface area contributed by atoms with Gasteiger partial charge in [0.1, 0.15) is 0 Å². The van der Waals surface area contributed by atoms with Crippen molar-refractivity contribution in [1.29, 1.82) is 0 Å². The maximum absolute atomic E-state index is 2.68. The smallest absolute Gasteiger partial charge is 0.0491 e. The normalized spacial score (nSPS) is 12.4. The minimum absolute atomic E-state index is 1.04. The fraction of sp³-hybridized carbons (Fsp3) is 0.500. The molecule has 16 bridgehead atoms. The average molecular weight is 1330 g/mol. The van der Waals surface area contributed by atoms with Crippen LogP contribution in [0.1, 0.15) is 285 Å². The van der Waals surface area contributed by atoms with Gasteiger partial charge in [-0.15, -0.1) is 0 Å². The quantitative estimate of drug-likeness (QED) is 0.0339. The van der Waals surface area contributed by atoms with Crippen LogP contribution in [0.15, 0.2) is 146 Å². The third-order valence-electron chi connectivity index (χ3n) is 23.7. The van der Waals surface area contributed by atoms with Gasteiger partial charge in [0.15, 0.2) is 0 Å². The van der Waals surface area contributed by atoms with Crippen LogP contribution in [-0.4, -0.2) is 18.3 Å². The molecule has 0 saturated carbocycles. The number of hydrogen-bond acceptors (Lipinski definition) is 0. The zero-order chi connectivity index (χ0) is 68.2. The molecule has 0 aliphatic heterocycles. The molecule has 0 fully saturated rings. The largest absolute Gasteiger partial charge is 0.340 e. The van der Waals surface area contributed by atoms with E-state index in [0.29, 0.717) is 0 Å². The fourth-order valence-corrected chi connectivity index (χ4v) is 17.8. The van der Waals surface area contributed by atoms with Crippen LogP contribution >= 0.6 is 0 Å². The van der Waals surface area contributed by atoms with Crippen molar-refractivity contribution in [2.75, 3.05) is 0 Å². The lowest BCUT2D eigenvalue weighted by molar-refractivity contribution is 0.541. The van der Waals surface area contributed by atoms with Crippen LogP contribution in [0, 0.1) is 0 Å². The van der Waals surface area contributed by atoms with Crippen molar-refractivity contribution in [3.8, 4) is 0 Å². The Morgan fingerprint density at radius 1 is 0.150 bits per heavy atom. The first-order valence-corrected chi connectivity index (χ1v) is 41.8. The summed E-state index contributed by atoms with van der Waals surface area (Å²) in [5.41, 5.74) is 10.9. The lowest BCUT2D eigenvalue weighted by Crippen LogP contribution is -1.98. The Bertz CT molecular complexity index is 3960. The molecule has 4 nitrogen and oxygen atoms in total. The van der Waals surface area contributed by atoms with Gasteiger partial charge in [-0.3, -0.25) is 0 Å². The summed E-state index contributed by atoms with van der Waals surface area (Å²) in [6, 6.07) is 59.8. The third-order valence-corrected chi connectivity index (χ3v) is 23.7. The third kappa shape index (κ3) is 16.9. The fourth-order valence-electron chi connectivity index (χ4n) is 17.8. The van der Waals surface area contributed by atoms with Crippen LogP contribution in [0.25, 0.3) is 130 Å². The minimum Gasteiger partial charge on any atom is -0.340 e. The Morgan fingerprint density at radius 2 is 0.270 bits per heavy atom. The molecule has 0 aliphatic rings. The SMILES string of the molecule is CCCCCCCCCCCCn1c2ccc3cc2c2cc(ccc21)c1ccc2c(c1)c1cc(ccc1n2CCCCCCCCCCCC)c1ccc2c(c1)c1cc(ccc1n2CCCCCCCCCCCC)c1ccc2c(c1)c1cc3ccc1n2CCCCCCCCCCCC. The number of aryl methyl sites for hydroxylation is 4. The summed E-state index contributed by atoms with van der Waals surface area (Å²) in [7, 11) is 0. The second-order valence-corrected chi connectivity index (χ2v) is 31.2. The van der Waals surface area contributed by atoms with E-state index in [1.165, 1.54) is 387 Å². The predicted molar refractivity (Wildman–Crippen MR) is 445 cm³/mol. The molecule has 0 aliphatic carbocycles. The Labute approximate surface area is 601 Å². The predicted octanol–water partition coefficient (Wildman–Crippen LogP) is 31.0. The molecule has 100 heavy (non-hydrogen) atoms. The molecule has 0 spiro atoms. The van der Waals surface area contributed by atoms with Gasteiger partial charge in [0, 0.05) is 113 Å². The molecular weight excluding hydrogens is 1210 g/mol. The van der Waals surface area contributed by atoms with Crippen molar-refractivity contribution in [2.24, 2.45) is 0 Å². The average Bonchev–Trinajstić information content (AvgIpc) is 1.59. The maximum atomic E-state index is 2.68. The van der Waals surface area contributed by atoms with Crippen molar-refractivity contribution >= 4 is 130 Å². The molecule has 4 aromatic heterocycles. The number of unbranched alkanes of at least 4 members (excludes halogenated alkanes) is 36. The van der Waals surface area contributed by atoms with Crippen LogP contribution in [-0.2, 0) is 26.2 Å². The first-order chi connectivity index (χ1) is 49.5. The second-order valence-electron chi connectivity index (χ2n) is 31.2. The molecule has 9 aromatic carbocycles. The van der Waals surface area contributed by atoms with Crippen LogP contribution in [0.5, 0.6) is 0 Å². The number of rotatable bonds is 44. The Kier molecular flexibility index (Phi) is 25.8. The molecule has 0 radical (unpaired) electrons. The number of fused-ring (bicyclic) bond motifs is 12. The van der Waals surface area contributed by atoms with E-state index < -0.39 is 0 Å². The van der Waals surface area contributed by atoms with E-state index in [2.05, 4.69) is 192 Å². The summed E-state index contributed by atoms with van der Waals surface area (Å²) in [4.78, 5) is 0. The van der Waals surface area contributed by atoms with Gasteiger partial charge in [0.25, 0.3) is 0 Å². The molecule has 4 heterocycles. The second kappa shape index (κ2) is 36.2. The summed E-state index contributed by atoms with van der Waals surface area (Å²) >= 11 is 0. The van der Waals surface area contributed by atoms with Crippen molar-refractivity contribution in [2.45, 2.75) is 311 Å². The standard InChI is InChI=1S/C96H124N4/c1-5-9-13-17-21-25-29-33-37-41-61-97-89-53-45-73-65-81(89)82-66-74(46-54-90(82)97)76-48-56-92-84(68-76)86-70-78(50-58-94(86)99(92)63-43-39-35-31-27-23-19-15-11-7-3)80-52-60-96-88(72-80)87-71-79(51-59-95(87)100(96)64-44-40-36-32-28-24-20-16-12-8-4)77-49-57-93-85(69-77)83-67-75(73)47-55-91(83)98(93)62-42-38-34-30-26-22-18-14-10-6-2/h45-60,65-72H,5-44,61-64H2,1-4H3. The van der Waals surface area contributed by atoms with E-state index in [1.807, 2.05) is 0 Å². The summed E-state index contributed by atoms with van der Waals surface area (Å²) < 4.78 is 10.7. The zero-order valence-corrected chi connectivity index (χ0v) is 62.8. The van der Waals surface area contributed by atoms with Crippen LogP contribution < -0.4 is 0 Å². The number of nitrogens with zero attached hydrogens (tertiary/aromatic N) is 4. The molecular formula is C96H124N4. The van der Waals surface area contributed by atoms with E-state index in [4.69, 9.17) is 0 Å². The van der Waals surface area contributed by atoms with E-state index >= 15 is 0 Å². The molecule has 13 rings (SSSR count). The highest BCUT2D eigenvalue weighted by atomic mass is 15.0. The summed E-state index contributed by atoms with van der Waals surface area (Å²) in [6.07, 6.45) is 53.8. The molecule has 0 amide bonds. The first-order valence-electron chi connectivity index (χ1n) is 41.8. The van der Waals surface area contributed by atoms with Crippen molar-refractivity contribution in [3.63, 3.8) is 0 Å². The summed E-state index contributed by atoms with van der Waals surface area (Å²) in [6.45, 7) is 13.5. The van der Waals surface area contributed by atoms with Crippen molar-refractivity contribution < 1.29 is 0 Å². The lowest BCUT2D eigenvalue weighted by atomic mass is 10.0. The van der Waals surface area contributed by atoms with Gasteiger partial charge in [-0.1, -0.05) is 307 Å². The highest BCUT2D eigenvalue weighted by Gasteiger charge is 2.19. The molecule has 0 saturated heterocycles. The van der Waals surface area contributed by atoms with Gasteiger partial charge < -0.3 is 18.3 Å². The topological polar surface area (TPSA) is 19.7 Å². The van der Waals surface area contributed by atoms with Crippen LogP contribution in [0.4, 0.5) is 0 Å². The molecule has 13 aromatic rings. The monoisotopic (exact) mass is 1330 g/mol. The highest BCUT2D eigenvalue weighted by molar-refractivity contribution is 6.19. The van der Waals surface area contributed by atoms with E-state index in [9.17, 15) is 0 Å². The van der Waals surface area contributed by atoms with Crippen molar-refractivity contribution in [3.05, 3.63) is 146 Å². The number of benzene rings is 8. The Hall–Kier alpha value is -7.04. The first kappa shape index (κ1) is 71.4. The molecule has 0 unspecified atom stereocenters. The number of aromatic nitrogens is 4. The highest BCUT2D eigenvalue weighted by Crippen LogP contribution is 2.41. The zero-order valence-electron chi connectivity index (χ0n) is 62.8. The van der Waals surface area contributed by atoms with Gasteiger partial charge in [-0.25, -0.2) is 0 Å². The van der Waals surface area contributed by atoms with E-state index in [1.54, 1.807) is 0 Å². The Balaban J connectivity index is 0.939. The van der Waals surface area contributed by atoms with Gasteiger partial charge in [-0.2, -0.15) is 0 Å². The maximum Gasteiger partial charge on any atom is 0.0491 e. The molecule has 0 N–H and O–H groups in total. The summed E-state index contributed by atoms with van der Waals surface area (Å²) in [5.74, 6) is 0. The van der Waals surface area contributed by atoms with Gasteiger partial charge >= 0.3 is 0 Å². The van der Waals surface area contributed by atoms with Crippen LogP contribution in [0.3, 0.4) is 0 Å². The van der Waals surface area contributed by atoms with Gasteiger partial charge in [0.2, 0.25) is 0 Å². The van der Waals surface area contributed by atoms with Gasteiger partial charge in [-0.05, 0) is 166 Å². The van der Waals surface area contributed by atoms with Crippen molar-refractivity contribution in [1.82, 2.24) is 18.3 Å². The van der Waals surface area contributed by atoms with E-state index in [0.717, 1.165) is 26.2 Å². The van der Waals surface area contributed by atoms with Gasteiger partial charge in [0.05, 0.1) is 0 Å². The Morgan fingerprint density at radius 3 is 0.400 bits per heavy atom. The summed E-state index contributed by atoms with van der Waals surface area (Å²) in [5, 5.41) is 21.3. The number of hydrogen-bond donors (Lipinski definition) is 0. The molecule has 4 heteroatoms. The molecule has 0 atom stereocenters. The minimum atomic E-state index is 1.04.